The van der Waals surface area contributed by atoms with Gasteiger partial charge in [-0.25, -0.2) is 4.79 Å². The number of benzene rings is 1. The topological polar surface area (TPSA) is 62.4 Å². The average molecular weight is 298 g/mol. The quantitative estimate of drug-likeness (QED) is 0.886. The standard InChI is InChI=1S/C17H18N2O3/c1-11-10-13-6-3-4-8-15(13)19(11)16(20)12(2)22-17(21)14-7-5-9-18-14/h3-9,11-12,18H,10H2,1-2H3/t11-,12-/m0/s1. The molecule has 1 amide bonds. The normalized spacial score (nSPS) is 17.9. The molecule has 2 heterocycles. The van der Waals surface area contributed by atoms with Crippen LogP contribution in [0, 0.1) is 0 Å². The Morgan fingerprint density at radius 3 is 2.77 bits per heavy atom. The number of nitrogens with one attached hydrogen (secondary N) is 1. The number of para-hydroxylation sites is 1. The molecule has 114 valence electrons. The molecule has 0 aliphatic carbocycles. The van der Waals surface area contributed by atoms with Crippen molar-refractivity contribution >= 4 is 17.6 Å². The van der Waals surface area contributed by atoms with Gasteiger partial charge in [0.15, 0.2) is 6.10 Å². The molecule has 2 atom stereocenters. The first-order valence-electron chi connectivity index (χ1n) is 7.33. The van der Waals surface area contributed by atoms with E-state index >= 15 is 0 Å². The molecule has 0 saturated carbocycles. The summed E-state index contributed by atoms with van der Waals surface area (Å²) in [5, 5.41) is 0. The maximum Gasteiger partial charge on any atom is 0.355 e. The largest absolute Gasteiger partial charge is 0.448 e. The Kier molecular flexibility index (Phi) is 3.71. The number of fused-ring (bicyclic) bond motifs is 1. The molecule has 1 aliphatic rings. The molecule has 5 heteroatoms. The summed E-state index contributed by atoms with van der Waals surface area (Å²) in [6.45, 7) is 3.61. The summed E-state index contributed by atoms with van der Waals surface area (Å²) in [5.74, 6) is -0.719. The highest BCUT2D eigenvalue weighted by molar-refractivity contribution is 6.00. The molecule has 0 fully saturated rings. The molecule has 0 unspecified atom stereocenters. The number of anilines is 1. The Labute approximate surface area is 128 Å². The molecule has 0 spiro atoms. The van der Waals surface area contributed by atoms with Gasteiger partial charge in [0.2, 0.25) is 0 Å². The number of carbonyl (C=O) groups is 2. The summed E-state index contributed by atoms with van der Waals surface area (Å²) in [4.78, 5) is 29.1. The van der Waals surface area contributed by atoms with Crippen molar-refractivity contribution in [1.82, 2.24) is 4.98 Å². The fourth-order valence-corrected chi connectivity index (χ4v) is 2.83. The fourth-order valence-electron chi connectivity index (χ4n) is 2.83. The number of rotatable bonds is 3. The minimum Gasteiger partial charge on any atom is -0.448 e. The number of H-pyrrole nitrogens is 1. The summed E-state index contributed by atoms with van der Waals surface area (Å²) >= 11 is 0. The Hall–Kier alpha value is -2.56. The Morgan fingerprint density at radius 1 is 1.27 bits per heavy atom. The van der Waals surface area contributed by atoms with E-state index in [2.05, 4.69) is 4.98 Å². The number of aromatic amines is 1. The molecule has 0 radical (unpaired) electrons. The van der Waals surface area contributed by atoms with E-state index in [9.17, 15) is 9.59 Å². The maximum absolute atomic E-state index is 12.7. The lowest BCUT2D eigenvalue weighted by molar-refractivity contribution is -0.126. The SMILES string of the molecule is C[C@H](OC(=O)c1ccc[nH]1)C(=O)N1c2ccccc2C[C@@H]1C. The van der Waals surface area contributed by atoms with Crippen LogP contribution >= 0.6 is 0 Å². The van der Waals surface area contributed by atoms with E-state index in [1.807, 2.05) is 31.2 Å². The predicted molar refractivity (Wildman–Crippen MR) is 82.8 cm³/mol. The third-order valence-corrected chi connectivity index (χ3v) is 3.89. The van der Waals surface area contributed by atoms with Gasteiger partial charge in [0, 0.05) is 17.9 Å². The number of nitrogens with zero attached hydrogens (tertiary/aromatic N) is 1. The number of hydrogen-bond acceptors (Lipinski definition) is 3. The van der Waals surface area contributed by atoms with E-state index in [0.717, 1.165) is 17.7 Å². The van der Waals surface area contributed by atoms with Gasteiger partial charge in [-0.15, -0.1) is 0 Å². The van der Waals surface area contributed by atoms with Crippen molar-refractivity contribution in [2.75, 3.05) is 4.90 Å². The second-order valence-electron chi connectivity index (χ2n) is 5.52. The van der Waals surface area contributed by atoms with Gasteiger partial charge in [0.25, 0.3) is 5.91 Å². The molecule has 0 saturated heterocycles. The van der Waals surface area contributed by atoms with E-state index in [1.54, 1.807) is 30.2 Å². The lowest BCUT2D eigenvalue weighted by Crippen LogP contribution is -2.43. The third kappa shape index (κ3) is 2.50. The Bertz CT molecular complexity index is 694. The minimum atomic E-state index is -0.829. The highest BCUT2D eigenvalue weighted by Gasteiger charge is 2.34. The van der Waals surface area contributed by atoms with Gasteiger partial charge < -0.3 is 14.6 Å². The average Bonchev–Trinajstić information content (AvgIpc) is 3.13. The fraction of sp³-hybridized carbons (Fsp3) is 0.294. The molecule has 1 aliphatic heterocycles. The van der Waals surface area contributed by atoms with Crippen LogP contribution in [-0.2, 0) is 16.0 Å². The molecule has 22 heavy (non-hydrogen) atoms. The molecule has 1 aromatic heterocycles. The van der Waals surface area contributed by atoms with Gasteiger partial charge in [0.1, 0.15) is 5.69 Å². The first-order chi connectivity index (χ1) is 10.6. The van der Waals surface area contributed by atoms with Crippen molar-refractivity contribution in [3.8, 4) is 0 Å². The van der Waals surface area contributed by atoms with Crippen LogP contribution in [0.5, 0.6) is 0 Å². The molecular weight excluding hydrogens is 280 g/mol. The highest BCUT2D eigenvalue weighted by atomic mass is 16.5. The first-order valence-corrected chi connectivity index (χ1v) is 7.33. The number of carbonyl (C=O) groups excluding carboxylic acids is 2. The van der Waals surface area contributed by atoms with Crippen molar-refractivity contribution in [2.45, 2.75) is 32.4 Å². The van der Waals surface area contributed by atoms with E-state index in [1.165, 1.54) is 0 Å². The van der Waals surface area contributed by atoms with Crippen LogP contribution in [0.3, 0.4) is 0 Å². The second-order valence-corrected chi connectivity index (χ2v) is 5.52. The van der Waals surface area contributed by atoms with E-state index in [0.29, 0.717) is 5.69 Å². The van der Waals surface area contributed by atoms with Crippen LogP contribution < -0.4 is 4.90 Å². The highest BCUT2D eigenvalue weighted by Crippen LogP contribution is 2.32. The van der Waals surface area contributed by atoms with Crippen molar-refractivity contribution in [1.29, 1.82) is 0 Å². The summed E-state index contributed by atoms with van der Waals surface area (Å²) in [6, 6.07) is 11.2. The van der Waals surface area contributed by atoms with E-state index in [-0.39, 0.29) is 11.9 Å². The summed E-state index contributed by atoms with van der Waals surface area (Å²) in [7, 11) is 0. The van der Waals surface area contributed by atoms with Crippen molar-refractivity contribution in [3.63, 3.8) is 0 Å². The Morgan fingerprint density at radius 2 is 2.05 bits per heavy atom. The smallest absolute Gasteiger partial charge is 0.355 e. The van der Waals surface area contributed by atoms with Gasteiger partial charge in [-0.1, -0.05) is 18.2 Å². The summed E-state index contributed by atoms with van der Waals surface area (Å²) in [6.07, 6.45) is 1.63. The molecule has 0 bridgehead atoms. The van der Waals surface area contributed by atoms with Gasteiger partial charge in [-0.3, -0.25) is 4.79 Å². The zero-order valence-electron chi connectivity index (χ0n) is 12.6. The zero-order chi connectivity index (χ0) is 15.7. The van der Waals surface area contributed by atoms with E-state index in [4.69, 9.17) is 4.74 Å². The summed E-state index contributed by atoms with van der Waals surface area (Å²) < 4.78 is 5.27. The molecule has 1 aromatic carbocycles. The first kappa shape index (κ1) is 14.4. The third-order valence-electron chi connectivity index (χ3n) is 3.89. The lowest BCUT2D eigenvalue weighted by atomic mass is 10.1. The van der Waals surface area contributed by atoms with Crippen LogP contribution in [0.15, 0.2) is 42.6 Å². The molecule has 5 nitrogen and oxygen atoms in total. The Balaban J connectivity index is 1.75. The number of aromatic nitrogens is 1. The van der Waals surface area contributed by atoms with Crippen LogP contribution in [0.1, 0.15) is 29.9 Å². The summed E-state index contributed by atoms with van der Waals surface area (Å²) in [5.41, 5.74) is 2.39. The van der Waals surface area contributed by atoms with Crippen LogP contribution in [-0.4, -0.2) is 29.0 Å². The molecule has 3 rings (SSSR count). The second kappa shape index (κ2) is 5.67. The number of ether oxygens (including phenoxy) is 1. The molecule has 1 N–H and O–H groups in total. The molecule has 2 aromatic rings. The number of amides is 1. The van der Waals surface area contributed by atoms with Crippen LogP contribution in [0.4, 0.5) is 5.69 Å². The monoisotopic (exact) mass is 298 g/mol. The molecular formula is C17H18N2O3. The number of hydrogen-bond donors (Lipinski definition) is 1. The minimum absolute atomic E-state index is 0.0662. The van der Waals surface area contributed by atoms with Crippen molar-refractivity contribution in [3.05, 3.63) is 53.9 Å². The van der Waals surface area contributed by atoms with Gasteiger partial charge in [0.05, 0.1) is 0 Å². The predicted octanol–water partition coefficient (Wildman–Crippen LogP) is 2.54. The van der Waals surface area contributed by atoms with Gasteiger partial charge >= 0.3 is 5.97 Å². The number of esters is 1. The zero-order valence-corrected chi connectivity index (χ0v) is 12.6. The lowest BCUT2D eigenvalue weighted by Gasteiger charge is -2.25. The van der Waals surface area contributed by atoms with Gasteiger partial charge in [-0.2, -0.15) is 0 Å². The van der Waals surface area contributed by atoms with Crippen molar-refractivity contribution in [2.24, 2.45) is 0 Å². The van der Waals surface area contributed by atoms with Crippen molar-refractivity contribution < 1.29 is 14.3 Å². The van der Waals surface area contributed by atoms with E-state index < -0.39 is 12.1 Å². The van der Waals surface area contributed by atoms with Gasteiger partial charge in [-0.05, 0) is 44.0 Å². The maximum atomic E-state index is 12.7. The van der Waals surface area contributed by atoms with Crippen LogP contribution in [0.2, 0.25) is 0 Å². The van der Waals surface area contributed by atoms with Crippen LogP contribution in [0.25, 0.3) is 0 Å².